The summed E-state index contributed by atoms with van der Waals surface area (Å²) < 4.78 is 5.50. The molecule has 6 nitrogen and oxygen atoms in total. The number of thioether (sulfide) groups is 1. The van der Waals surface area contributed by atoms with Crippen LogP contribution in [0, 0.1) is 10.1 Å². The molecule has 0 saturated heterocycles. The smallest absolute Gasteiger partial charge is 0.269 e. The molecule has 0 aliphatic rings. The zero-order valence-electron chi connectivity index (χ0n) is 13.5. The molecule has 8 heteroatoms. The van der Waals surface area contributed by atoms with Gasteiger partial charge in [-0.25, -0.2) is 0 Å². The minimum Gasteiger partial charge on any atom is -0.492 e. The summed E-state index contributed by atoms with van der Waals surface area (Å²) in [6.45, 7) is 2.51. The van der Waals surface area contributed by atoms with E-state index in [1.54, 1.807) is 43.3 Å². The Kier molecular flexibility index (Phi) is 7.09. The SMILES string of the molecule is CC(Sc1ccc([N+](=O)[O-])cc1)C(=O)NCCOc1ccc(Cl)cc1. The Morgan fingerprint density at radius 3 is 2.48 bits per heavy atom. The van der Waals surface area contributed by atoms with Crippen molar-refractivity contribution in [3.05, 3.63) is 63.7 Å². The van der Waals surface area contributed by atoms with E-state index in [1.807, 2.05) is 0 Å². The molecule has 0 radical (unpaired) electrons. The number of hydrogen-bond donors (Lipinski definition) is 1. The van der Waals surface area contributed by atoms with Crippen LogP contribution in [0.15, 0.2) is 53.4 Å². The summed E-state index contributed by atoms with van der Waals surface area (Å²) in [6, 6.07) is 13.1. The highest BCUT2D eigenvalue weighted by Gasteiger charge is 2.14. The van der Waals surface area contributed by atoms with Crippen LogP contribution in [-0.4, -0.2) is 29.2 Å². The van der Waals surface area contributed by atoms with Crippen molar-refractivity contribution in [2.75, 3.05) is 13.2 Å². The van der Waals surface area contributed by atoms with Crippen LogP contribution in [-0.2, 0) is 4.79 Å². The molecular formula is C17H17ClN2O4S. The predicted octanol–water partition coefficient (Wildman–Crippen LogP) is 3.92. The second kappa shape index (κ2) is 9.29. The van der Waals surface area contributed by atoms with Crippen LogP contribution < -0.4 is 10.1 Å². The molecule has 1 N–H and O–H groups in total. The zero-order valence-corrected chi connectivity index (χ0v) is 15.0. The van der Waals surface area contributed by atoms with E-state index in [4.69, 9.17) is 16.3 Å². The van der Waals surface area contributed by atoms with Gasteiger partial charge in [-0.3, -0.25) is 14.9 Å². The Morgan fingerprint density at radius 2 is 1.88 bits per heavy atom. The van der Waals surface area contributed by atoms with Crippen LogP contribution in [0.5, 0.6) is 5.75 Å². The number of ether oxygens (including phenoxy) is 1. The number of rotatable bonds is 8. The minimum atomic E-state index is -0.453. The molecule has 0 bridgehead atoms. The van der Waals surface area contributed by atoms with E-state index in [0.717, 1.165) is 4.90 Å². The van der Waals surface area contributed by atoms with Gasteiger partial charge in [0.1, 0.15) is 12.4 Å². The van der Waals surface area contributed by atoms with Gasteiger partial charge in [0.05, 0.1) is 16.7 Å². The van der Waals surface area contributed by atoms with Crippen molar-refractivity contribution >= 4 is 35.0 Å². The fourth-order valence-electron chi connectivity index (χ4n) is 1.92. The number of hydrogen-bond acceptors (Lipinski definition) is 5. The fraction of sp³-hybridized carbons (Fsp3) is 0.235. The topological polar surface area (TPSA) is 81.5 Å². The van der Waals surface area contributed by atoms with Gasteiger partial charge in [0.15, 0.2) is 0 Å². The molecule has 1 amide bonds. The van der Waals surface area contributed by atoms with Crippen molar-refractivity contribution in [3.63, 3.8) is 0 Å². The second-order valence-corrected chi connectivity index (χ2v) is 6.96. The van der Waals surface area contributed by atoms with Crippen molar-refractivity contribution in [3.8, 4) is 5.75 Å². The molecule has 0 heterocycles. The summed E-state index contributed by atoms with van der Waals surface area (Å²) >= 11 is 7.13. The number of halogens is 1. The molecule has 2 aromatic carbocycles. The van der Waals surface area contributed by atoms with Gasteiger partial charge in [-0.05, 0) is 43.3 Å². The molecule has 1 atom stereocenters. The molecule has 0 fully saturated rings. The molecule has 2 aromatic rings. The number of non-ortho nitro benzene ring substituents is 1. The van der Waals surface area contributed by atoms with Crippen LogP contribution >= 0.6 is 23.4 Å². The normalized spacial score (nSPS) is 11.6. The number of amides is 1. The molecule has 0 aliphatic carbocycles. The van der Waals surface area contributed by atoms with E-state index in [9.17, 15) is 14.9 Å². The number of carbonyl (C=O) groups is 1. The maximum atomic E-state index is 12.1. The standard InChI is InChI=1S/C17H17ClN2O4S/c1-12(25-16-8-4-14(5-9-16)20(22)23)17(21)19-10-11-24-15-6-2-13(18)3-7-15/h2-9,12H,10-11H2,1H3,(H,19,21). The van der Waals surface area contributed by atoms with Crippen LogP contribution in [0.3, 0.4) is 0 Å². The maximum absolute atomic E-state index is 12.1. The number of nitrogens with one attached hydrogen (secondary N) is 1. The van der Waals surface area contributed by atoms with Crippen molar-refractivity contribution in [1.82, 2.24) is 5.32 Å². The molecule has 0 aliphatic heterocycles. The van der Waals surface area contributed by atoms with Crippen LogP contribution in [0.4, 0.5) is 5.69 Å². The molecule has 1 unspecified atom stereocenters. The van der Waals surface area contributed by atoms with Crippen LogP contribution in [0.2, 0.25) is 5.02 Å². The maximum Gasteiger partial charge on any atom is 0.269 e. The fourth-order valence-corrected chi connectivity index (χ4v) is 2.94. The Bertz CT molecular complexity index is 722. The van der Waals surface area contributed by atoms with E-state index >= 15 is 0 Å². The van der Waals surface area contributed by atoms with Gasteiger partial charge < -0.3 is 10.1 Å². The highest BCUT2D eigenvalue weighted by atomic mass is 35.5. The van der Waals surface area contributed by atoms with Gasteiger partial charge in [0, 0.05) is 22.1 Å². The lowest BCUT2D eigenvalue weighted by atomic mass is 10.3. The minimum absolute atomic E-state index is 0.0285. The number of nitro groups is 1. The van der Waals surface area contributed by atoms with Gasteiger partial charge in [0.25, 0.3) is 5.69 Å². The summed E-state index contributed by atoms with van der Waals surface area (Å²) in [5, 5.41) is 13.7. The number of carbonyl (C=O) groups excluding carboxylic acids is 1. The first kappa shape index (κ1) is 19.1. The van der Waals surface area contributed by atoms with Gasteiger partial charge in [0.2, 0.25) is 5.91 Å². The van der Waals surface area contributed by atoms with E-state index in [-0.39, 0.29) is 16.8 Å². The first-order valence-corrected chi connectivity index (χ1v) is 8.78. The monoisotopic (exact) mass is 380 g/mol. The van der Waals surface area contributed by atoms with E-state index in [2.05, 4.69) is 5.32 Å². The lowest BCUT2D eigenvalue weighted by molar-refractivity contribution is -0.384. The zero-order chi connectivity index (χ0) is 18.2. The van der Waals surface area contributed by atoms with Crippen molar-refractivity contribution in [1.29, 1.82) is 0 Å². The van der Waals surface area contributed by atoms with Crippen molar-refractivity contribution in [2.45, 2.75) is 17.1 Å². The molecule has 132 valence electrons. The Morgan fingerprint density at radius 1 is 1.24 bits per heavy atom. The molecule has 0 aromatic heterocycles. The van der Waals surface area contributed by atoms with Crippen LogP contribution in [0.1, 0.15) is 6.92 Å². The predicted molar refractivity (Wildman–Crippen MR) is 98.4 cm³/mol. The third-order valence-corrected chi connectivity index (χ3v) is 4.58. The third kappa shape index (κ3) is 6.28. The van der Waals surface area contributed by atoms with E-state index in [1.165, 1.54) is 23.9 Å². The number of nitro benzene ring substituents is 1. The van der Waals surface area contributed by atoms with Gasteiger partial charge in [-0.2, -0.15) is 0 Å². The Balaban J connectivity index is 1.72. The molecule has 0 saturated carbocycles. The summed E-state index contributed by atoms with van der Waals surface area (Å²) in [4.78, 5) is 23.0. The molecule has 0 spiro atoms. The average Bonchev–Trinajstić information content (AvgIpc) is 2.60. The second-order valence-electron chi connectivity index (χ2n) is 5.10. The summed E-state index contributed by atoms with van der Waals surface area (Å²) in [7, 11) is 0. The van der Waals surface area contributed by atoms with Crippen molar-refractivity contribution < 1.29 is 14.5 Å². The Hall–Kier alpha value is -2.25. The van der Waals surface area contributed by atoms with Gasteiger partial charge in [-0.15, -0.1) is 11.8 Å². The van der Waals surface area contributed by atoms with Crippen molar-refractivity contribution in [2.24, 2.45) is 0 Å². The largest absolute Gasteiger partial charge is 0.492 e. The lowest BCUT2D eigenvalue weighted by Crippen LogP contribution is -2.33. The Labute approximate surface area is 154 Å². The molecular weight excluding hydrogens is 364 g/mol. The first-order chi connectivity index (χ1) is 12.0. The third-order valence-electron chi connectivity index (χ3n) is 3.21. The summed E-state index contributed by atoms with van der Waals surface area (Å²) in [5.41, 5.74) is 0.0285. The highest BCUT2D eigenvalue weighted by Crippen LogP contribution is 2.25. The number of benzene rings is 2. The van der Waals surface area contributed by atoms with Crippen LogP contribution in [0.25, 0.3) is 0 Å². The summed E-state index contributed by atoms with van der Waals surface area (Å²) in [5.74, 6) is 0.565. The van der Waals surface area contributed by atoms with E-state index < -0.39 is 4.92 Å². The lowest BCUT2D eigenvalue weighted by Gasteiger charge is -2.12. The van der Waals surface area contributed by atoms with E-state index in [0.29, 0.717) is 23.9 Å². The number of nitrogens with zero attached hydrogens (tertiary/aromatic N) is 1. The average molecular weight is 381 g/mol. The molecule has 25 heavy (non-hydrogen) atoms. The summed E-state index contributed by atoms with van der Waals surface area (Å²) in [6.07, 6.45) is 0. The quantitative estimate of drug-likeness (QED) is 0.325. The highest BCUT2D eigenvalue weighted by molar-refractivity contribution is 8.00. The molecule has 2 rings (SSSR count). The van der Waals surface area contributed by atoms with Gasteiger partial charge in [-0.1, -0.05) is 11.6 Å². The first-order valence-electron chi connectivity index (χ1n) is 7.53. The van der Waals surface area contributed by atoms with Gasteiger partial charge >= 0.3 is 0 Å².